The average Bonchev–Trinajstić information content (AvgIpc) is 2.79. The second-order valence-corrected chi connectivity index (χ2v) is 13.5. The molecule has 2 fully saturated rings. The van der Waals surface area contributed by atoms with Crippen LogP contribution in [0.4, 0.5) is 12.9 Å². The molecule has 0 aromatic heterocycles. The molecule has 240 valence electrons. The van der Waals surface area contributed by atoms with Gasteiger partial charge in [-0.05, 0) is 134 Å². The summed E-state index contributed by atoms with van der Waals surface area (Å²) in [4.78, 5) is 0. The fourth-order valence-electron chi connectivity index (χ4n) is 3.71. The van der Waals surface area contributed by atoms with E-state index in [4.69, 9.17) is 4.74 Å². The van der Waals surface area contributed by atoms with E-state index in [9.17, 15) is 18.1 Å². The maximum Gasteiger partial charge on any atom is 2.00 e. The first-order valence-corrected chi connectivity index (χ1v) is 16.3. The first kappa shape index (κ1) is 50.3. The van der Waals surface area contributed by atoms with Crippen molar-refractivity contribution >= 4 is 15.5 Å². The summed E-state index contributed by atoms with van der Waals surface area (Å²) in [6.07, 6.45) is 28.5. The van der Waals surface area contributed by atoms with Gasteiger partial charge in [0.25, 0.3) is 0 Å². The van der Waals surface area contributed by atoms with Crippen LogP contribution in [0, 0.1) is 58.3 Å². The molecule has 8 radical (unpaired) electrons. The first-order valence-electron chi connectivity index (χ1n) is 14.8. The molecule has 0 bridgehead atoms. The molecule has 0 aromatic carbocycles. The van der Waals surface area contributed by atoms with Crippen LogP contribution in [-0.2, 0) is 21.2 Å². The minimum atomic E-state index is -3.67. The van der Waals surface area contributed by atoms with E-state index in [-0.39, 0.29) is 31.0 Å². The maximum atomic E-state index is 9.67. The Labute approximate surface area is 262 Å². The van der Waals surface area contributed by atoms with Crippen LogP contribution in [0.3, 0.4) is 0 Å². The zero-order chi connectivity index (χ0) is 30.7. The Morgan fingerprint density at radius 3 is 0.875 bits per heavy atom. The molecule has 2 nitrogen and oxygen atoms in total. The van der Waals surface area contributed by atoms with Gasteiger partial charge in [0.1, 0.15) is 0 Å². The molecule has 0 spiro atoms. The number of halogens is 3. The van der Waals surface area contributed by atoms with Gasteiger partial charge >= 0.3 is 24.0 Å². The largest absolute Gasteiger partial charge is 2.00 e. The van der Waals surface area contributed by atoms with Gasteiger partial charge in [-0.15, -0.1) is 0 Å². The van der Waals surface area contributed by atoms with E-state index >= 15 is 0 Å². The fraction of sp³-hybridized carbons (Fsp3) is 0.719. The van der Waals surface area contributed by atoms with Crippen LogP contribution in [-0.4, -0.2) is 44.3 Å². The van der Waals surface area contributed by atoms with E-state index in [2.05, 4.69) is 99.8 Å². The summed E-state index contributed by atoms with van der Waals surface area (Å²) >= 11 is 0. The molecule has 2 rings (SSSR count). The van der Waals surface area contributed by atoms with Crippen molar-refractivity contribution in [3.05, 3.63) is 58.3 Å². The normalized spacial score (nSPS) is 15.2. The molecule has 0 amide bonds. The molecular formula is C32H61BF3NiO2P. The van der Waals surface area contributed by atoms with Gasteiger partial charge in [-0.25, -0.2) is 0 Å². The second kappa shape index (κ2) is 44.1. The average molecular weight is 635 g/mol. The monoisotopic (exact) mass is 634 g/mol. The number of ether oxygens (including phenoxy) is 1. The van der Waals surface area contributed by atoms with Crippen molar-refractivity contribution in [1.82, 2.24) is 0 Å². The van der Waals surface area contributed by atoms with Crippen LogP contribution >= 0.6 is 7.92 Å². The van der Waals surface area contributed by atoms with Crippen LogP contribution in [0.2, 0.25) is 0 Å². The van der Waals surface area contributed by atoms with Gasteiger partial charge in [0.05, 0.1) is 0 Å². The smallest absolute Gasteiger partial charge is 0.856 e. The quantitative estimate of drug-likeness (QED) is 0.165. The van der Waals surface area contributed by atoms with Gasteiger partial charge in [-0.1, -0.05) is 49.5 Å². The van der Waals surface area contributed by atoms with Gasteiger partial charge in [-0.3, -0.25) is 12.9 Å². The van der Waals surface area contributed by atoms with Crippen LogP contribution in [0.5, 0.6) is 0 Å². The van der Waals surface area contributed by atoms with E-state index in [1.165, 1.54) is 51.4 Å². The Morgan fingerprint density at radius 2 is 0.825 bits per heavy atom. The first-order chi connectivity index (χ1) is 18.5. The van der Waals surface area contributed by atoms with E-state index in [0.717, 1.165) is 30.2 Å². The van der Waals surface area contributed by atoms with Crippen molar-refractivity contribution in [2.75, 3.05) is 19.8 Å². The number of rotatable bonds is 6. The van der Waals surface area contributed by atoms with Crippen LogP contribution in [0.15, 0.2) is 0 Å². The summed E-state index contributed by atoms with van der Waals surface area (Å²) in [7, 11) is -3.40. The molecule has 0 heterocycles. The van der Waals surface area contributed by atoms with Crippen molar-refractivity contribution < 1.29 is 39.3 Å². The Morgan fingerprint density at radius 1 is 0.650 bits per heavy atom. The standard InChI is InChI=1S/C9H21P.2C8H12.C4H10O.C3H6O.BF3.Ni/c1-7(2)10(8(3)4)9(5)6;2*1-2-4-6-8-7-5-3-1;1-3-5-4-2;1-2-3-4;2-1(3)4;/h7-9H,1-6H3;2*1-2,7-8H,3-6H2;3-4H2,1-2H3;1-3H2;;/q;;;;-2;;+2. The van der Waals surface area contributed by atoms with Crippen molar-refractivity contribution in [2.24, 2.45) is 0 Å². The topological polar surface area (TPSA) is 32.3 Å². The molecule has 0 saturated heterocycles. The van der Waals surface area contributed by atoms with Gasteiger partial charge in [-0.2, -0.15) is 13.0 Å². The third-order valence-electron chi connectivity index (χ3n) is 5.01. The zero-order valence-corrected chi connectivity index (χ0v) is 28.7. The summed E-state index contributed by atoms with van der Waals surface area (Å²) in [6, 6.07) is 0. The summed E-state index contributed by atoms with van der Waals surface area (Å²) in [5.41, 5.74) is 2.69. The molecule has 0 N–H and O–H groups in total. The predicted octanol–water partition coefficient (Wildman–Crippen LogP) is 9.94. The van der Waals surface area contributed by atoms with Crippen LogP contribution in [0.1, 0.15) is 113 Å². The third-order valence-corrected chi connectivity index (χ3v) is 8.59. The van der Waals surface area contributed by atoms with Crippen molar-refractivity contribution in [2.45, 2.75) is 130 Å². The Bertz CT molecular complexity index is 321. The molecule has 0 atom stereocenters. The number of hydrogen-bond donors (Lipinski definition) is 0. The molecule has 0 aromatic rings. The van der Waals surface area contributed by atoms with Crippen molar-refractivity contribution in [3.63, 3.8) is 0 Å². The van der Waals surface area contributed by atoms with Crippen LogP contribution < -0.4 is 5.11 Å². The summed E-state index contributed by atoms with van der Waals surface area (Å²) in [6.45, 7) is 23.0. The molecule has 8 heteroatoms. The molecule has 0 unspecified atom stereocenters. The maximum absolute atomic E-state index is 9.67. The minimum Gasteiger partial charge on any atom is -0.856 e. The zero-order valence-electron chi connectivity index (χ0n) is 26.8. The Hall–Kier alpha value is 0.698. The minimum absolute atomic E-state index is 0. The van der Waals surface area contributed by atoms with Crippen molar-refractivity contribution in [3.8, 4) is 0 Å². The second-order valence-electron chi connectivity index (χ2n) is 9.51. The molecule has 0 aliphatic heterocycles. The van der Waals surface area contributed by atoms with E-state index in [1.807, 2.05) is 13.8 Å². The Kier molecular flexibility index (Phi) is 55.5. The van der Waals surface area contributed by atoms with E-state index in [1.54, 1.807) is 0 Å². The third kappa shape index (κ3) is 54.7. The van der Waals surface area contributed by atoms with Crippen molar-refractivity contribution in [1.29, 1.82) is 0 Å². The van der Waals surface area contributed by atoms with Gasteiger partial charge in [0, 0.05) is 13.2 Å². The van der Waals surface area contributed by atoms with E-state index < -0.39 is 7.54 Å². The SMILES string of the molecule is CC(C)P(C(C)C)C(C)C.CCOCC.FB(F)F.[CH2-]CC[O-].[CH]1[CH]CC[CH][CH]CC1.[CH]1[CH]CC[CH][CH]CC1.[Ni+2]. The Balaban J connectivity index is -0.000000126. The predicted molar refractivity (Wildman–Crippen MR) is 170 cm³/mol. The fourth-order valence-corrected chi connectivity index (χ4v) is 7.28. The van der Waals surface area contributed by atoms with Gasteiger partial charge < -0.3 is 16.8 Å². The molecule has 2 saturated carbocycles. The van der Waals surface area contributed by atoms with E-state index in [0.29, 0.717) is 6.42 Å². The molecule has 40 heavy (non-hydrogen) atoms. The van der Waals surface area contributed by atoms with Crippen LogP contribution in [0.25, 0.3) is 0 Å². The number of hydrogen-bond acceptors (Lipinski definition) is 2. The molecule has 2 aliphatic rings. The molecule has 2 aliphatic carbocycles. The van der Waals surface area contributed by atoms with Gasteiger partial charge in [0.2, 0.25) is 0 Å². The molecular weight excluding hydrogens is 574 g/mol. The summed E-state index contributed by atoms with van der Waals surface area (Å²) in [5.74, 6) is 0. The summed E-state index contributed by atoms with van der Waals surface area (Å²) < 4.78 is 33.8. The summed E-state index contributed by atoms with van der Waals surface area (Å²) in [5, 5.41) is 9.24. The van der Waals surface area contributed by atoms with Gasteiger partial charge in [0.15, 0.2) is 0 Å².